The van der Waals surface area contributed by atoms with Crippen LogP contribution in [0.4, 0.5) is 0 Å². The molecule has 6 nitrogen and oxygen atoms in total. The molecule has 6 heteroatoms. The van der Waals surface area contributed by atoms with Gasteiger partial charge in [-0.3, -0.25) is 9.59 Å². The van der Waals surface area contributed by atoms with Crippen molar-refractivity contribution < 1.29 is 19.1 Å². The van der Waals surface area contributed by atoms with Gasteiger partial charge >= 0.3 is 0 Å². The van der Waals surface area contributed by atoms with Gasteiger partial charge in [0, 0.05) is 42.4 Å². The summed E-state index contributed by atoms with van der Waals surface area (Å²) in [6.07, 6.45) is -0.451. The number of ether oxygens (including phenoxy) is 2. The fourth-order valence-electron chi connectivity index (χ4n) is 1.44. The van der Waals surface area contributed by atoms with Crippen LogP contribution in [0.2, 0.25) is 0 Å². The molecule has 0 aromatic rings. The van der Waals surface area contributed by atoms with Gasteiger partial charge < -0.3 is 19.3 Å². The summed E-state index contributed by atoms with van der Waals surface area (Å²) < 4.78 is 10.5. The normalized spacial score (nSPS) is 13.9. The molecule has 2 amide bonds. The van der Waals surface area contributed by atoms with E-state index in [1.807, 2.05) is 0 Å². The summed E-state index contributed by atoms with van der Waals surface area (Å²) in [6.45, 7) is 0. The second kappa shape index (κ2) is 8.05. The first-order valence-electron chi connectivity index (χ1n) is 5.79. The van der Waals surface area contributed by atoms with Gasteiger partial charge in [0.2, 0.25) is 11.8 Å². The van der Waals surface area contributed by atoms with E-state index in [2.05, 4.69) is 0 Å². The number of methoxy groups -OCH3 is 2. The molecule has 0 heterocycles. The smallest absolute Gasteiger partial charge is 0.224 e. The predicted molar refractivity (Wildman–Crippen MR) is 68.2 cm³/mol. The Balaban J connectivity index is 4.57. The zero-order chi connectivity index (χ0) is 14.3. The van der Waals surface area contributed by atoms with Gasteiger partial charge in [0.25, 0.3) is 0 Å². The fourth-order valence-corrected chi connectivity index (χ4v) is 1.44. The maximum atomic E-state index is 11.6. The Morgan fingerprint density at radius 3 is 1.28 bits per heavy atom. The predicted octanol–water partition coefficient (Wildman–Crippen LogP) is -0.0270. The lowest BCUT2D eigenvalue weighted by Gasteiger charge is -2.26. The van der Waals surface area contributed by atoms with Crippen molar-refractivity contribution in [2.24, 2.45) is 0 Å². The summed E-state index contributed by atoms with van der Waals surface area (Å²) in [5.41, 5.74) is 0. The van der Waals surface area contributed by atoms with E-state index in [-0.39, 0.29) is 24.7 Å². The first kappa shape index (κ1) is 16.9. The second-order valence-electron chi connectivity index (χ2n) is 4.53. The van der Waals surface area contributed by atoms with Gasteiger partial charge in [-0.1, -0.05) is 0 Å². The first-order valence-corrected chi connectivity index (χ1v) is 5.79. The number of rotatable bonds is 7. The molecule has 0 N–H and O–H groups in total. The molecule has 0 bridgehead atoms. The number of hydrogen-bond donors (Lipinski definition) is 0. The Morgan fingerprint density at radius 2 is 1.11 bits per heavy atom. The van der Waals surface area contributed by atoms with Gasteiger partial charge in [-0.05, 0) is 0 Å². The molecule has 0 saturated carbocycles. The lowest BCUT2D eigenvalue weighted by atomic mass is 10.1. The molecule has 0 rings (SSSR count). The average Bonchev–Trinajstić information content (AvgIpc) is 2.32. The number of carbonyl (C=O) groups is 2. The number of amides is 2. The van der Waals surface area contributed by atoms with Crippen LogP contribution in [0.3, 0.4) is 0 Å². The Hall–Kier alpha value is -1.14. The Bertz CT molecular complexity index is 251. The summed E-state index contributed by atoms with van der Waals surface area (Å²) in [5.74, 6) is -0.109. The molecule has 0 aromatic heterocycles. The molecular weight excluding hydrogens is 236 g/mol. The topological polar surface area (TPSA) is 59.1 Å². The molecule has 0 aliphatic rings. The highest BCUT2D eigenvalue weighted by Gasteiger charge is 2.27. The molecule has 106 valence electrons. The maximum Gasteiger partial charge on any atom is 0.224 e. The van der Waals surface area contributed by atoms with Gasteiger partial charge in [-0.25, -0.2) is 0 Å². The van der Waals surface area contributed by atoms with Crippen LogP contribution in [0.15, 0.2) is 0 Å². The van der Waals surface area contributed by atoms with E-state index in [0.717, 1.165) is 0 Å². The van der Waals surface area contributed by atoms with Crippen molar-refractivity contribution >= 4 is 11.8 Å². The molecule has 0 radical (unpaired) electrons. The van der Waals surface area contributed by atoms with Crippen molar-refractivity contribution in [2.45, 2.75) is 25.0 Å². The lowest BCUT2D eigenvalue weighted by Crippen LogP contribution is -2.39. The number of nitrogens with zero attached hydrogens (tertiary/aromatic N) is 2. The molecule has 0 aliphatic heterocycles. The Kier molecular flexibility index (Phi) is 7.54. The van der Waals surface area contributed by atoms with Crippen LogP contribution in [0.25, 0.3) is 0 Å². The van der Waals surface area contributed by atoms with E-state index in [4.69, 9.17) is 9.47 Å². The minimum absolute atomic E-state index is 0.0544. The van der Waals surface area contributed by atoms with Crippen molar-refractivity contribution in [3.05, 3.63) is 0 Å². The van der Waals surface area contributed by atoms with E-state index in [1.165, 1.54) is 24.0 Å². The van der Waals surface area contributed by atoms with Gasteiger partial charge in [0.1, 0.15) is 0 Å². The molecule has 0 saturated heterocycles. The lowest BCUT2D eigenvalue weighted by molar-refractivity contribution is -0.140. The fraction of sp³-hybridized carbons (Fsp3) is 0.833. The standard InChI is InChI=1S/C12H24N2O4/c1-13(2)11(15)7-9(17-5)10(18-6)8-12(16)14(3)4/h9-10H,7-8H2,1-6H3/t9-,10-/m0/s1. The van der Waals surface area contributed by atoms with Gasteiger partial charge in [0.05, 0.1) is 25.0 Å². The van der Waals surface area contributed by atoms with Crippen LogP contribution < -0.4 is 0 Å². The molecule has 0 unspecified atom stereocenters. The third-order valence-electron chi connectivity index (χ3n) is 2.77. The zero-order valence-electron chi connectivity index (χ0n) is 12.1. The van der Waals surface area contributed by atoms with Crippen molar-refractivity contribution in [1.82, 2.24) is 9.80 Å². The minimum Gasteiger partial charge on any atom is -0.378 e. The van der Waals surface area contributed by atoms with E-state index in [1.54, 1.807) is 28.2 Å². The van der Waals surface area contributed by atoms with Gasteiger partial charge in [0.15, 0.2) is 0 Å². The van der Waals surface area contributed by atoms with E-state index < -0.39 is 12.2 Å². The largest absolute Gasteiger partial charge is 0.378 e. The minimum atomic E-state index is -0.422. The van der Waals surface area contributed by atoms with E-state index in [0.29, 0.717) is 0 Å². The second-order valence-corrected chi connectivity index (χ2v) is 4.53. The summed E-state index contributed by atoms with van der Waals surface area (Å²) >= 11 is 0. The summed E-state index contributed by atoms with van der Waals surface area (Å²) in [7, 11) is 9.76. The summed E-state index contributed by atoms with van der Waals surface area (Å²) in [5, 5.41) is 0. The highest BCUT2D eigenvalue weighted by atomic mass is 16.5. The SMILES string of the molecule is CO[C@@H](CC(=O)N(C)C)[C@H](CC(=O)N(C)C)OC. The first-order chi connectivity index (χ1) is 8.33. The van der Waals surface area contributed by atoms with Crippen molar-refractivity contribution in [1.29, 1.82) is 0 Å². The van der Waals surface area contributed by atoms with Crippen LogP contribution in [0.5, 0.6) is 0 Å². The van der Waals surface area contributed by atoms with Crippen molar-refractivity contribution in [3.8, 4) is 0 Å². The van der Waals surface area contributed by atoms with Crippen LogP contribution in [-0.4, -0.2) is 76.2 Å². The zero-order valence-corrected chi connectivity index (χ0v) is 12.1. The van der Waals surface area contributed by atoms with Crippen LogP contribution >= 0.6 is 0 Å². The number of carbonyl (C=O) groups excluding carboxylic acids is 2. The highest BCUT2D eigenvalue weighted by molar-refractivity contribution is 5.77. The highest BCUT2D eigenvalue weighted by Crippen LogP contribution is 2.13. The van der Waals surface area contributed by atoms with Crippen LogP contribution in [0.1, 0.15) is 12.8 Å². The third-order valence-corrected chi connectivity index (χ3v) is 2.77. The average molecular weight is 260 g/mol. The van der Waals surface area contributed by atoms with E-state index >= 15 is 0 Å². The number of hydrogen-bond acceptors (Lipinski definition) is 4. The molecule has 0 aliphatic carbocycles. The molecule has 0 spiro atoms. The third kappa shape index (κ3) is 5.46. The van der Waals surface area contributed by atoms with Gasteiger partial charge in [-0.2, -0.15) is 0 Å². The van der Waals surface area contributed by atoms with Crippen molar-refractivity contribution in [3.63, 3.8) is 0 Å². The molecular formula is C12H24N2O4. The van der Waals surface area contributed by atoms with E-state index in [9.17, 15) is 9.59 Å². The molecule has 0 fully saturated rings. The summed E-state index contributed by atoms with van der Waals surface area (Å²) in [4.78, 5) is 26.3. The Morgan fingerprint density at radius 1 is 0.833 bits per heavy atom. The Labute approximate surface area is 109 Å². The van der Waals surface area contributed by atoms with Crippen LogP contribution in [-0.2, 0) is 19.1 Å². The molecule has 18 heavy (non-hydrogen) atoms. The van der Waals surface area contributed by atoms with Gasteiger partial charge in [-0.15, -0.1) is 0 Å². The monoisotopic (exact) mass is 260 g/mol. The molecule has 0 aromatic carbocycles. The van der Waals surface area contributed by atoms with Crippen LogP contribution in [0, 0.1) is 0 Å². The maximum absolute atomic E-state index is 11.6. The molecule has 2 atom stereocenters. The summed E-state index contributed by atoms with van der Waals surface area (Å²) in [6, 6.07) is 0. The van der Waals surface area contributed by atoms with Crippen molar-refractivity contribution in [2.75, 3.05) is 42.4 Å². The quantitative estimate of drug-likeness (QED) is 0.645.